The maximum atomic E-state index is 12.5. The summed E-state index contributed by atoms with van der Waals surface area (Å²) in [5, 5.41) is 3.02. The molecule has 2 aromatic rings. The number of aryl methyl sites for hydroxylation is 1. The average Bonchev–Trinajstić information content (AvgIpc) is 2.55. The van der Waals surface area contributed by atoms with Crippen LogP contribution in [0.2, 0.25) is 0 Å². The summed E-state index contributed by atoms with van der Waals surface area (Å²) in [6.07, 6.45) is 2.30. The number of nitrogens with one attached hydrogen (secondary N) is 1. The monoisotopic (exact) mass is 322 g/mol. The van der Waals surface area contributed by atoms with Crippen molar-refractivity contribution in [3.05, 3.63) is 59.2 Å². The van der Waals surface area contributed by atoms with Gasteiger partial charge in [-0.3, -0.25) is 4.79 Å². The van der Waals surface area contributed by atoms with Gasteiger partial charge in [0, 0.05) is 30.5 Å². The van der Waals surface area contributed by atoms with Crippen LogP contribution in [0.4, 0.5) is 11.4 Å². The molecule has 126 valence electrons. The van der Waals surface area contributed by atoms with Crippen molar-refractivity contribution >= 4 is 17.3 Å². The number of nitrogens with zero attached hydrogens (tertiary/aromatic N) is 1. The van der Waals surface area contributed by atoms with E-state index in [1.54, 1.807) is 0 Å². The van der Waals surface area contributed by atoms with Crippen molar-refractivity contribution in [2.24, 2.45) is 0 Å². The van der Waals surface area contributed by atoms with Crippen LogP contribution < -0.4 is 10.2 Å². The van der Waals surface area contributed by atoms with Crippen molar-refractivity contribution in [2.45, 2.75) is 39.0 Å². The third-order valence-corrected chi connectivity index (χ3v) is 4.71. The van der Waals surface area contributed by atoms with Crippen LogP contribution in [0.3, 0.4) is 0 Å². The summed E-state index contributed by atoms with van der Waals surface area (Å²) < 4.78 is 0. The molecule has 0 fully saturated rings. The van der Waals surface area contributed by atoms with Gasteiger partial charge in [-0.1, -0.05) is 39.0 Å². The summed E-state index contributed by atoms with van der Waals surface area (Å²) in [6, 6.07) is 14.1. The van der Waals surface area contributed by atoms with Crippen molar-refractivity contribution in [2.75, 3.05) is 23.8 Å². The second kappa shape index (κ2) is 6.31. The first-order chi connectivity index (χ1) is 11.3. The van der Waals surface area contributed by atoms with Crippen molar-refractivity contribution in [1.82, 2.24) is 0 Å². The van der Waals surface area contributed by atoms with E-state index in [9.17, 15) is 4.79 Å². The van der Waals surface area contributed by atoms with Gasteiger partial charge < -0.3 is 10.2 Å². The Labute approximate surface area is 144 Å². The Kier molecular flexibility index (Phi) is 4.35. The van der Waals surface area contributed by atoms with Gasteiger partial charge in [-0.25, -0.2) is 0 Å². The van der Waals surface area contributed by atoms with E-state index in [0.29, 0.717) is 5.56 Å². The van der Waals surface area contributed by atoms with Crippen molar-refractivity contribution in [3.63, 3.8) is 0 Å². The fourth-order valence-corrected chi connectivity index (χ4v) is 3.16. The molecule has 0 saturated heterocycles. The highest BCUT2D eigenvalue weighted by atomic mass is 16.1. The zero-order chi connectivity index (χ0) is 17.3. The number of rotatable bonds is 2. The van der Waals surface area contributed by atoms with Crippen LogP contribution in [0, 0.1) is 0 Å². The van der Waals surface area contributed by atoms with E-state index in [0.717, 1.165) is 18.7 Å². The number of fused-ring (bicyclic) bond motifs is 1. The normalized spacial score (nSPS) is 14.2. The Morgan fingerprint density at radius 2 is 1.79 bits per heavy atom. The Morgan fingerprint density at radius 1 is 1.08 bits per heavy atom. The third kappa shape index (κ3) is 3.45. The molecule has 0 spiro atoms. The van der Waals surface area contributed by atoms with Crippen LogP contribution in [0.25, 0.3) is 0 Å². The van der Waals surface area contributed by atoms with E-state index >= 15 is 0 Å². The first kappa shape index (κ1) is 16.6. The lowest BCUT2D eigenvalue weighted by Crippen LogP contribution is -2.24. The Balaban J connectivity index is 1.76. The summed E-state index contributed by atoms with van der Waals surface area (Å²) in [5.74, 6) is -0.0612. The number of carbonyl (C=O) groups is 1. The van der Waals surface area contributed by atoms with Gasteiger partial charge in [0.2, 0.25) is 0 Å². The second-order valence-corrected chi connectivity index (χ2v) is 7.65. The zero-order valence-electron chi connectivity index (χ0n) is 15.0. The highest BCUT2D eigenvalue weighted by Gasteiger charge is 2.16. The number of benzene rings is 2. The quantitative estimate of drug-likeness (QED) is 0.875. The highest BCUT2D eigenvalue weighted by Crippen LogP contribution is 2.29. The molecular weight excluding hydrogens is 296 g/mol. The van der Waals surface area contributed by atoms with E-state index in [-0.39, 0.29) is 11.3 Å². The standard InChI is InChI=1S/C21H26N2O/c1-21(2,3)17-10-7-16(8-11-17)20(24)22-18-12-9-15-6-5-13-23(4)19(15)14-18/h7-12,14H,5-6,13H2,1-4H3,(H,22,24). The van der Waals surface area contributed by atoms with Gasteiger partial charge in [-0.05, 0) is 53.6 Å². The molecule has 3 rings (SSSR count). The molecule has 3 nitrogen and oxygen atoms in total. The van der Waals surface area contributed by atoms with Crippen LogP contribution in [0.5, 0.6) is 0 Å². The first-order valence-electron chi connectivity index (χ1n) is 8.60. The van der Waals surface area contributed by atoms with E-state index in [4.69, 9.17) is 0 Å². The van der Waals surface area contributed by atoms with Crippen molar-refractivity contribution < 1.29 is 4.79 Å². The molecule has 3 heteroatoms. The van der Waals surface area contributed by atoms with Gasteiger partial charge in [-0.2, -0.15) is 0 Å². The summed E-state index contributed by atoms with van der Waals surface area (Å²) in [5.41, 5.74) is 5.45. The van der Waals surface area contributed by atoms with Crippen LogP contribution in [-0.4, -0.2) is 19.5 Å². The number of hydrogen-bond donors (Lipinski definition) is 1. The minimum Gasteiger partial charge on any atom is -0.374 e. The molecule has 1 aliphatic rings. The lowest BCUT2D eigenvalue weighted by Gasteiger charge is -2.28. The molecule has 0 unspecified atom stereocenters. The number of carbonyl (C=O) groups excluding carboxylic acids is 1. The van der Waals surface area contributed by atoms with E-state index in [1.165, 1.54) is 23.2 Å². The molecular formula is C21H26N2O. The smallest absolute Gasteiger partial charge is 0.255 e. The van der Waals surface area contributed by atoms with Crippen molar-refractivity contribution in [1.29, 1.82) is 0 Å². The van der Waals surface area contributed by atoms with Gasteiger partial charge in [-0.15, -0.1) is 0 Å². The largest absolute Gasteiger partial charge is 0.374 e. The van der Waals surface area contributed by atoms with Gasteiger partial charge >= 0.3 is 0 Å². The number of hydrogen-bond acceptors (Lipinski definition) is 2. The summed E-state index contributed by atoms with van der Waals surface area (Å²) >= 11 is 0. The van der Waals surface area contributed by atoms with Gasteiger partial charge in [0.25, 0.3) is 5.91 Å². The molecule has 1 N–H and O–H groups in total. The minimum atomic E-state index is -0.0612. The summed E-state index contributed by atoms with van der Waals surface area (Å²) in [6.45, 7) is 7.59. The van der Waals surface area contributed by atoms with Crippen LogP contribution >= 0.6 is 0 Å². The molecule has 1 aliphatic heterocycles. The van der Waals surface area contributed by atoms with E-state index in [1.807, 2.05) is 30.3 Å². The maximum absolute atomic E-state index is 12.5. The molecule has 0 saturated carbocycles. The maximum Gasteiger partial charge on any atom is 0.255 e. The van der Waals surface area contributed by atoms with Crippen LogP contribution in [0.15, 0.2) is 42.5 Å². The molecule has 0 atom stereocenters. The highest BCUT2D eigenvalue weighted by molar-refractivity contribution is 6.04. The van der Waals surface area contributed by atoms with Crippen molar-refractivity contribution in [3.8, 4) is 0 Å². The molecule has 1 heterocycles. The van der Waals surface area contributed by atoms with Crippen LogP contribution in [0.1, 0.15) is 48.7 Å². The van der Waals surface area contributed by atoms with E-state index < -0.39 is 0 Å². The third-order valence-electron chi connectivity index (χ3n) is 4.71. The zero-order valence-corrected chi connectivity index (χ0v) is 15.0. The summed E-state index contributed by atoms with van der Waals surface area (Å²) in [7, 11) is 2.11. The predicted octanol–water partition coefficient (Wildman–Crippen LogP) is 4.62. The number of anilines is 2. The molecule has 0 aromatic heterocycles. The average molecular weight is 322 g/mol. The molecule has 0 aliphatic carbocycles. The van der Waals surface area contributed by atoms with Gasteiger partial charge in [0.05, 0.1) is 0 Å². The minimum absolute atomic E-state index is 0.0612. The fourth-order valence-electron chi connectivity index (χ4n) is 3.16. The predicted molar refractivity (Wildman–Crippen MR) is 101 cm³/mol. The summed E-state index contributed by atoms with van der Waals surface area (Å²) in [4.78, 5) is 14.8. The molecule has 0 bridgehead atoms. The van der Waals surface area contributed by atoms with Crippen LogP contribution in [-0.2, 0) is 11.8 Å². The Morgan fingerprint density at radius 3 is 2.46 bits per heavy atom. The fraction of sp³-hybridized carbons (Fsp3) is 0.381. The molecule has 24 heavy (non-hydrogen) atoms. The Bertz CT molecular complexity index is 741. The molecule has 0 radical (unpaired) electrons. The molecule has 1 amide bonds. The van der Waals surface area contributed by atoms with Gasteiger partial charge in [0.1, 0.15) is 0 Å². The topological polar surface area (TPSA) is 32.3 Å². The number of amides is 1. The first-order valence-corrected chi connectivity index (χ1v) is 8.60. The Hall–Kier alpha value is -2.29. The van der Waals surface area contributed by atoms with Gasteiger partial charge in [0.15, 0.2) is 0 Å². The lowest BCUT2D eigenvalue weighted by molar-refractivity contribution is 0.102. The lowest BCUT2D eigenvalue weighted by atomic mass is 9.87. The SMILES string of the molecule is CN1CCCc2ccc(NC(=O)c3ccc(C(C)(C)C)cc3)cc21. The van der Waals surface area contributed by atoms with E-state index in [2.05, 4.69) is 50.2 Å². The second-order valence-electron chi connectivity index (χ2n) is 7.65. The molecule has 2 aromatic carbocycles.